The van der Waals surface area contributed by atoms with Crippen molar-refractivity contribution >= 4 is 28.5 Å². The zero-order valence-electron chi connectivity index (χ0n) is 19.3. The lowest BCUT2D eigenvalue weighted by Gasteiger charge is -2.42. The van der Waals surface area contributed by atoms with Crippen molar-refractivity contribution in [2.75, 3.05) is 38.7 Å². The summed E-state index contributed by atoms with van der Waals surface area (Å²) < 4.78 is 12.4. The molecule has 2 aromatic heterocycles. The molecule has 34 heavy (non-hydrogen) atoms. The Morgan fingerprint density at radius 2 is 2.03 bits per heavy atom. The largest absolute Gasteiger partial charge is 0.497 e. The van der Waals surface area contributed by atoms with Crippen LogP contribution >= 0.6 is 0 Å². The van der Waals surface area contributed by atoms with Crippen LogP contribution in [0.15, 0.2) is 41.2 Å². The van der Waals surface area contributed by atoms with Gasteiger partial charge in [0.25, 0.3) is 5.56 Å². The molecule has 0 spiro atoms. The van der Waals surface area contributed by atoms with Crippen molar-refractivity contribution in [3.8, 4) is 5.75 Å². The highest BCUT2D eigenvalue weighted by Gasteiger charge is 2.35. The number of benzene rings is 1. The maximum Gasteiger partial charge on any atom is 0.356 e. The minimum absolute atomic E-state index is 0.0413. The molecule has 2 atom stereocenters. The van der Waals surface area contributed by atoms with Crippen molar-refractivity contribution in [3.63, 3.8) is 0 Å². The third-order valence-corrected chi connectivity index (χ3v) is 6.67. The summed E-state index contributed by atoms with van der Waals surface area (Å²) in [5.41, 5.74) is 2.39. The normalized spacial score (nSPS) is 19.5. The number of aromatic nitrogens is 2. The van der Waals surface area contributed by atoms with Crippen molar-refractivity contribution in [2.45, 2.75) is 25.8 Å². The zero-order chi connectivity index (χ0) is 23.8. The number of ether oxygens (including phenoxy) is 2. The maximum atomic E-state index is 13.1. The molecular formula is C25H28N4O5. The molecule has 0 unspecified atom stereocenters. The fourth-order valence-electron chi connectivity index (χ4n) is 5.29. The number of nitrogens with zero attached hydrogens (tertiary/aromatic N) is 2. The number of esters is 1. The lowest BCUT2D eigenvalue weighted by atomic mass is 9.83. The monoisotopic (exact) mass is 464 g/mol. The summed E-state index contributed by atoms with van der Waals surface area (Å²) in [6.45, 7) is 4.30. The molecule has 0 radical (unpaired) electrons. The Morgan fingerprint density at radius 3 is 2.82 bits per heavy atom. The Kier molecular flexibility index (Phi) is 5.87. The number of nitrogens with one attached hydrogen (secondary N) is 2. The van der Waals surface area contributed by atoms with E-state index in [0.717, 1.165) is 18.7 Å². The number of hydrogen-bond acceptors (Lipinski definition) is 6. The highest BCUT2D eigenvalue weighted by atomic mass is 16.5. The van der Waals surface area contributed by atoms with E-state index in [9.17, 15) is 14.4 Å². The van der Waals surface area contributed by atoms with Crippen molar-refractivity contribution in [1.29, 1.82) is 0 Å². The highest BCUT2D eigenvalue weighted by Crippen LogP contribution is 2.35. The van der Waals surface area contributed by atoms with Crippen LogP contribution in [0.4, 0.5) is 5.69 Å². The van der Waals surface area contributed by atoms with Gasteiger partial charge < -0.3 is 24.3 Å². The highest BCUT2D eigenvalue weighted by molar-refractivity contribution is 6.11. The molecule has 2 aliphatic rings. The van der Waals surface area contributed by atoms with E-state index >= 15 is 0 Å². The molecule has 2 aliphatic heterocycles. The van der Waals surface area contributed by atoms with Gasteiger partial charge in [0, 0.05) is 48.2 Å². The molecule has 4 heterocycles. The first kappa shape index (κ1) is 22.2. The van der Waals surface area contributed by atoms with Crippen LogP contribution in [0.5, 0.6) is 5.75 Å². The number of aromatic amines is 1. The Labute approximate surface area is 196 Å². The second-order valence-electron chi connectivity index (χ2n) is 8.95. The van der Waals surface area contributed by atoms with Crippen LogP contribution in [-0.2, 0) is 16.1 Å². The van der Waals surface area contributed by atoms with Crippen LogP contribution < -0.4 is 15.6 Å². The van der Waals surface area contributed by atoms with Crippen molar-refractivity contribution in [2.24, 2.45) is 5.92 Å². The second-order valence-corrected chi connectivity index (χ2v) is 8.95. The molecule has 1 aromatic carbocycles. The van der Waals surface area contributed by atoms with Crippen LogP contribution in [0, 0.1) is 5.92 Å². The van der Waals surface area contributed by atoms with Crippen LogP contribution in [0.3, 0.4) is 0 Å². The number of fused-ring (bicyclic) bond motifs is 5. The van der Waals surface area contributed by atoms with E-state index in [1.54, 1.807) is 38.3 Å². The molecular weight excluding hydrogens is 436 g/mol. The predicted molar refractivity (Wildman–Crippen MR) is 127 cm³/mol. The number of hydrogen-bond donors (Lipinski definition) is 2. The molecule has 9 heteroatoms. The number of rotatable bonds is 6. The van der Waals surface area contributed by atoms with Crippen LogP contribution in [0.1, 0.15) is 35.4 Å². The molecule has 5 rings (SSSR count). The van der Waals surface area contributed by atoms with Gasteiger partial charge in [-0.25, -0.2) is 4.79 Å². The van der Waals surface area contributed by atoms with Gasteiger partial charge in [-0.1, -0.05) is 6.07 Å². The zero-order valence-corrected chi connectivity index (χ0v) is 19.3. The van der Waals surface area contributed by atoms with E-state index in [1.165, 1.54) is 0 Å². The molecule has 1 saturated heterocycles. The lowest BCUT2D eigenvalue weighted by Crippen LogP contribution is -2.49. The first-order valence-electron chi connectivity index (χ1n) is 11.6. The lowest BCUT2D eigenvalue weighted by molar-refractivity contribution is -0.117. The van der Waals surface area contributed by atoms with Gasteiger partial charge in [-0.2, -0.15) is 0 Å². The molecule has 178 valence electrons. The molecule has 1 amide bonds. The van der Waals surface area contributed by atoms with Gasteiger partial charge in [-0.15, -0.1) is 0 Å². The average molecular weight is 465 g/mol. The SMILES string of the molecule is CCOC(=O)c1[nH]c2ccc(OC)cc2c1NC(=O)CN1C[C@H]2C[C@@H](C1)c1cccc(=O)n1C2. The van der Waals surface area contributed by atoms with Crippen molar-refractivity contribution in [1.82, 2.24) is 14.5 Å². The number of piperidine rings is 1. The molecule has 3 aromatic rings. The summed E-state index contributed by atoms with van der Waals surface area (Å²) in [5.74, 6) is 0.436. The maximum absolute atomic E-state index is 13.1. The Hall–Kier alpha value is -3.59. The van der Waals surface area contributed by atoms with E-state index in [-0.39, 0.29) is 36.2 Å². The molecule has 2 N–H and O–H groups in total. The number of carbonyl (C=O) groups excluding carboxylic acids is 2. The van der Waals surface area contributed by atoms with Gasteiger partial charge in [0.2, 0.25) is 5.91 Å². The third-order valence-electron chi connectivity index (χ3n) is 6.67. The van der Waals surface area contributed by atoms with Gasteiger partial charge in [0.15, 0.2) is 0 Å². The number of amides is 1. The summed E-state index contributed by atoms with van der Waals surface area (Å²) in [7, 11) is 1.57. The molecule has 0 aliphatic carbocycles. The minimum Gasteiger partial charge on any atom is -0.497 e. The van der Waals surface area contributed by atoms with Gasteiger partial charge >= 0.3 is 5.97 Å². The van der Waals surface area contributed by atoms with Crippen LogP contribution in [-0.4, -0.2) is 59.7 Å². The Bertz CT molecular complexity index is 1310. The van der Waals surface area contributed by atoms with Crippen molar-refractivity contribution < 1.29 is 19.1 Å². The Morgan fingerprint density at radius 1 is 1.18 bits per heavy atom. The average Bonchev–Trinajstić information content (AvgIpc) is 3.17. The number of anilines is 1. The first-order valence-corrected chi connectivity index (χ1v) is 11.6. The van der Waals surface area contributed by atoms with Gasteiger partial charge in [-0.05, 0) is 43.5 Å². The summed E-state index contributed by atoms with van der Waals surface area (Å²) in [4.78, 5) is 43.1. The number of methoxy groups -OCH3 is 1. The topological polar surface area (TPSA) is 106 Å². The minimum atomic E-state index is -0.525. The van der Waals surface area contributed by atoms with E-state index in [0.29, 0.717) is 41.3 Å². The summed E-state index contributed by atoms with van der Waals surface area (Å²) in [5, 5.41) is 3.62. The summed E-state index contributed by atoms with van der Waals surface area (Å²) in [6, 6.07) is 10.8. The van der Waals surface area contributed by atoms with Gasteiger partial charge in [0.05, 0.1) is 25.9 Å². The first-order chi connectivity index (χ1) is 16.5. The predicted octanol–water partition coefficient (Wildman–Crippen LogP) is 2.57. The van der Waals surface area contributed by atoms with Crippen LogP contribution in [0.25, 0.3) is 10.9 Å². The van der Waals surface area contributed by atoms with Gasteiger partial charge in [-0.3, -0.25) is 14.5 Å². The fraction of sp³-hybridized carbons (Fsp3) is 0.400. The number of H-pyrrole nitrogens is 1. The quantitative estimate of drug-likeness (QED) is 0.543. The van der Waals surface area contributed by atoms with E-state index < -0.39 is 5.97 Å². The van der Waals surface area contributed by atoms with Crippen LogP contribution in [0.2, 0.25) is 0 Å². The smallest absolute Gasteiger partial charge is 0.356 e. The summed E-state index contributed by atoms with van der Waals surface area (Å²) in [6.07, 6.45) is 1.02. The Balaban J connectivity index is 1.37. The number of likely N-dealkylation sites (tertiary alicyclic amines) is 1. The molecule has 2 bridgehead atoms. The number of pyridine rings is 1. The molecule has 0 saturated carbocycles. The standard InChI is InChI=1S/C25H28N4O5/c1-3-34-25(32)24-23(18-10-17(33-2)7-8-19(18)26-24)27-21(30)14-28-11-15-9-16(13-28)20-5-4-6-22(31)29(20)12-15/h4-8,10,15-16,26H,3,9,11-14H2,1-2H3,(H,27,30)/t15-,16+/m1/s1. The van der Waals surface area contributed by atoms with E-state index in [4.69, 9.17) is 9.47 Å². The summed E-state index contributed by atoms with van der Waals surface area (Å²) >= 11 is 0. The fourth-order valence-corrected chi connectivity index (χ4v) is 5.29. The molecule has 1 fully saturated rings. The molecule has 9 nitrogen and oxygen atoms in total. The van der Waals surface area contributed by atoms with E-state index in [2.05, 4.69) is 15.2 Å². The second kappa shape index (κ2) is 8.98. The van der Waals surface area contributed by atoms with E-state index in [1.807, 2.05) is 16.7 Å². The van der Waals surface area contributed by atoms with Gasteiger partial charge in [0.1, 0.15) is 11.4 Å². The van der Waals surface area contributed by atoms with Crippen molar-refractivity contribution in [3.05, 3.63) is 58.1 Å². The third kappa shape index (κ3) is 4.07. The number of carbonyl (C=O) groups is 2.